The van der Waals surface area contributed by atoms with Gasteiger partial charge in [0.25, 0.3) is 0 Å². The van der Waals surface area contributed by atoms with E-state index in [-0.39, 0.29) is 23.4 Å². The number of aliphatic hydroxyl groups is 3. The number of hydrogen-bond acceptors (Lipinski definition) is 8. The van der Waals surface area contributed by atoms with Crippen LogP contribution in [0.3, 0.4) is 0 Å². The van der Waals surface area contributed by atoms with Crippen molar-refractivity contribution in [3.05, 3.63) is 64.5 Å². The molecule has 178 valence electrons. The predicted octanol–water partition coefficient (Wildman–Crippen LogP) is 1.29. The predicted molar refractivity (Wildman–Crippen MR) is 112 cm³/mol. The van der Waals surface area contributed by atoms with Gasteiger partial charge in [0, 0.05) is 22.7 Å². The largest absolute Gasteiger partial charge is 0.394 e. The van der Waals surface area contributed by atoms with Crippen molar-refractivity contribution >= 4 is 11.8 Å². The number of nitrogens with zero attached hydrogens (tertiary/aromatic N) is 3. The van der Waals surface area contributed by atoms with Crippen molar-refractivity contribution in [1.29, 1.82) is 0 Å². The van der Waals surface area contributed by atoms with Crippen molar-refractivity contribution in [1.82, 2.24) is 20.0 Å². The van der Waals surface area contributed by atoms with E-state index in [0.29, 0.717) is 4.90 Å². The van der Waals surface area contributed by atoms with E-state index >= 15 is 0 Å². The van der Waals surface area contributed by atoms with Crippen LogP contribution in [0.4, 0.5) is 13.2 Å². The van der Waals surface area contributed by atoms with Crippen LogP contribution in [0, 0.1) is 17.5 Å². The van der Waals surface area contributed by atoms with Crippen LogP contribution < -0.4 is 5.56 Å². The normalized spacial score (nSPS) is 15.2. The van der Waals surface area contributed by atoms with Gasteiger partial charge in [0.05, 0.1) is 25.5 Å². The van der Waals surface area contributed by atoms with Gasteiger partial charge in [-0.15, -0.1) is 5.10 Å². The highest BCUT2D eigenvalue weighted by molar-refractivity contribution is 7.99. The Morgan fingerprint density at radius 1 is 1.21 bits per heavy atom. The van der Waals surface area contributed by atoms with Crippen LogP contribution >= 0.6 is 11.8 Å². The molecule has 0 saturated carbocycles. The van der Waals surface area contributed by atoms with Crippen LogP contribution in [0.1, 0.15) is 6.92 Å². The third kappa shape index (κ3) is 6.42. The standard InChI is InChI=1S/C20H21F3N4O5S/c1-10(29)17(9-28)32-20(33-12-2-3-24-18(31)6-12)16(30)8-27-7-15(25-26-27)11-4-13(21)19(23)14(22)5-11/h2-7,10,16-17,20,28-30H,8-9H2,1H3,(H,24,31)/t10-,16+,17?,20?/m1/s1. The van der Waals surface area contributed by atoms with E-state index in [1.54, 1.807) is 6.07 Å². The molecule has 2 unspecified atom stereocenters. The highest BCUT2D eigenvalue weighted by Crippen LogP contribution is 2.28. The summed E-state index contributed by atoms with van der Waals surface area (Å²) in [5, 5.41) is 37.6. The Morgan fingerprint density at radius 3 is 2.52 bits per heavy atom. The number of rotatable bonds is 10. The number of aromatic nitrogens is 4. The second-order valence-electron chi connectivity index (χ2n) is 7.12. The van der Waals surface area contributed by atoms with Gasteiger partial charge in [0.2, 0.25) is 5.56 Å². The summed E-state index contributed by atoms with van der Waals surface area (Å²) >= 11 is 0.983. The van der Waals surface area contributed by atoms with Crippen LogP contribution in [-0.2, 0) is 11.3 Å². The summed E-state index contributed by atoms with van der Waals surface area (Å²) in [5.41, 5.74) is -1.43. The number of aliphatic hydroxyl groups excluding tert-OH is 3. The fourth-order valence-electron chi connectivity index (χ4n) is 2.81. The molecule has 1 aromatic carbocycles. The van der Waals surface area contributed by atoms with Gasteiger partial charge in [-0.1, -0.05) is 17.0 Å². The molecule has 0 spiro atoms. The maximum absolute atomic E-state index is 13.5. The molecule has 0 amide bonds. The first kappa shape index (κ1) is 24.9. The van der Waals surface area contributed by atoms with Crippen molar-refractivity contribution in [2.45, 2.75) is 42.1 Å². The lowest BCUT2D eigenvalue weighted by Crippen LogP contribution is -2.39. The molecule has 0 saturated heterocycles. The number of hydrogen-bond donors (Lipinski definition) is 4. The number of ether oxygens (including phenoxy) is 1. The molecule has 0 aliphatic carbocycles. The lowest BCUT2D eigenvalue weighted by atomic mass is 10.1. The van der Waals surface area contributed by atoms with Crippen molar-refractivity contribution in [2.24, 2.45) is 0 Å². The van der Waals surface area contributed by atoms with Crippen molar-refractivity contribution < 1.29 is 33.2 Å². The lowest BCUT2D eigenvalue weighted by molar-refractivity contribution is -0.0972. The first-order valence-electron chi connectivity index (χ1n) is 9.70. The molecule has 3 rings (SSSR count). The van der Waals surface area contributed by atoms with Crippen molar-refractivity contribution in [3.8, 4) is 11.3 Å². The SMILES string of the molecule is C[C@@H](O)C(CO)OC(Sc1cc[nH]c(=O)c1)[C@@H](O)Cn1cc(-c2cc(F)c(F)c(F)c2)nn1. The zero-order valence-electron chi connectivity index (χ0n) is 17.2. The minimum Gasteiger partial charge on any atom is -0.394 e. The van der Waals surface area contributed by atoms with E-state index < -0.39 is 47.8 Å². The summed E-state index contributed by atoms with van der Waals surface area (Å²) < 4.78 is 47.1. The quantitative estimate of drug-likeness (QED) is 0.191. The third-order valence-electron chi connectivity index (χ3n) is 4.53. The minimum absolute atomic E-state index is 0.0388. The number of benzene rings is 1. The zero-order valence-corrected chi connectivity index (χ0v) is 18.0. The highest BCUT2D eigenvalue weighted by Gasteiger charge is 2.28. The van der Waals surface area contributed by atoms with E-state index in [1.807, 2.05) is 0 Å². The van der Waals surface area contributed by atoms with Gasteiger partial charge in [-0.05, 0) is 25.1 Å². The molecule has 3 aromatic rings. The molecule has 4 atom stereocenters. The van der Waals surface area contributed by atoms with Gasteiger partial charge in [-0.25, -0.2) is 17.9 Å². The molecule has 2 heterocycles. The summed E-state index contributed by atoms with van der Waals surface area (Å²) in [5.74, 6) is -4.36. The smallest absolute Gasteiger partial charge is 0.249 e. The average Bonchev–Trinajstić information content (AvgIpc) is 3.22. The highest BCUT2D eigenvalue weighted by atomic mass is 32.2. The molecular formula is C20H21F3N4O5S. The lowest BCUT2D eigenvalue weighted by Gasteiger charge is -2.28. The molecule has 4 N–H and O–H groups in total. The van der Waals surface area contributed by atoms with Gasteiger partial charge >= 0.3 is 0 Å². The van der Waals surface area contributed by atoms with Crippen LogP contribution in [0.15, 0.2) is 46.3 Å². The molecule has 0 aliphatic rings. The van der Waals surface area contributed by atoms with E-state index in [9.17, 15) is 33.3 Å². The molecule has 0 fully saturated rings. The first-order chi connectivity index (χ1) is 15.7. The maximum Gasteiger partial charge on any atom is 0.249 e. The number of nitrogens with one attached hydrogen (secondary N) is 1. The summed E-state index contributed by atoms with van der Waals surface area (Å²) in [4.78, 5) is 14.5. The van der Waals surface area contributed by atoms with E-state index in [2.05, 4.69) is 15.3 Å². The molecule has 0 aliphatic heterocycles. The van der Waals surface area contributed by atoms with E-state index in [0.717, 1.165) is 23.9 Å². The summed E-state index contributed by atoms with van der Waals surface area (Å²) in [7, 11) is 0. The summed E-state index contributed by atoms with van der Waals surface area (Å²) in [6.45, 7) is 0.691. The fraction of sp³-hybridized carbons (Fsp3) is 0.350. The Morgan fingerprint density at radius 2 is 1.91 bits per heavy atom. The van der Waals surface area contributed by atoms with E-state index in [4.69, 9.17) is 4.74 Å². The van der Waals surface area contributed by atoms with Crippen LogP contribution in [-0.4, -0.2) is 65.7 Å². The van der Waals surface area contributed by atoms with Crippen molar-refractivity contribution in [2.75, 3.05) is 6.61 Å². The molecular weight excluding hydrogens is 465 g/mol. The molecule has 2 aromatic heterocycles. The van der Waals surface area contributed by atoms with Gasteiger partial charge in [-0.3, -0.25) is 4.79 Å². The molecule has 0 radical (unpaired) electrons. The Kier molecular flexibility index (Phi) is 8.26. The van der Waals surface area contributed by atoms with E-state index in [1.165, 1.54) is 30.1 Å². The summed E-state index contributed by atoms with van der Waals surface area (Å²) in [6, 6.07) is 4.41. The average molecular weight is 486 g/mol. The molecule has 9 nitrogen and oxygen atoms in total. The maximum atomic E-state index is 13.5. The van der Waals surface area contributed by atoms with Crippen LogP contribution in [0.5, 0.6) is 0 Å². The number of halogens is 3. The number of pyridine rings is 1. The van der Waals surface area contributed by atoms with Gasteiger partial charge < -0.3 is 25.0 Å². The second kappa shape index (κ2) is 10.9. The molecule has 33 heavy (non-hydrogen) atoms. The molecule has 13 heteroatoms. The van der Waals surface area contributed by atoms with Crippen LogP contribution in [0.25, 0.3) is 11.3 Å². The Labute approximate surface area is 189 Å². The number of H-pyrrole nitrogens is 1. The third-order valence-corrected chi connectivity index (χ3v) is 5.72. The number of aromatic amines is 1. The molecule has 0 bridgehead atoms. The summed E-state index contributed by atoms with van der Waals surface area (Å²) in [6.07, 6.45) is -0.640. The van der Waals surface area contributed by atoms with Gasteiger partial charge in [0.1, 0.15) is 23.3 Å². The Hall–Kier alpha value is -2.71. The fourth-order valence-corrected chi connectivity index (χ4v) is 3.84. The van der Waals surface area contributed by atoms with Crippen LogP contribution in [0.2, 0.25) is 0 Å². The number of thioether (sulfide) groups is 1. The van der Waals surface area contributed by atoms with Gasteiger partial charge in [0.15, 0.2) is 17.5 Å². The van der Waals surface area contributed by atoms with Crippen molar-refractivity contribution in [3.63, 3.8) is 0 Å². The zero-order chi connectivity index (χ0) is 24.1. The van der Waals surface area contributed by atoms with Gasteiger partial charge in [-0.2, -0.15) is 0 Å². The minimum atomic E-state index is -1.60. The monoisotopic (exact) mass is 486 g/mol. The first-order valence-corrected chi connectivity index (χ1v) is 10.6. The second-order valence-corrected chi connectivity index (χ2v) is 8.29. The Balaban J connectivity index is 1.80. The Bertz CT molecular complexity index is 1120. The topological polar surface area (TPSA) is 133 Å².